The second kappa shape index (κ2) is 11.6. The Morgan fingerprint density at radius 2 is 1.26 bits per heavy atom. The van der Waals surface area contributed by atoms with Gasteiger partial charge in [-0.15, -0.1) is 0 Å². The van der Waals surface area contributed by atoms with Crippen LogP contribution in [-0.4, -0.2) is 48.3 Å². The van der Waals surface area contributed by atoms with Crippen LogP contribution in [0.2, 0.25) is 0 Å². The zero-order chi connectivity index (χ0) is 22.1. The molecular formula is C26H31FN2O2. The molecule has 5 heteroatoms. The molecule has 0 saturated heterocycles. The van der Waals surface area contributed by atoms with Crippen LogP contribution in [0.3, 0.4) is 0 Å². The second-order valence-electron chi connectivity index (χ2n) is 8.09. The minimum absolute atomic E-state index is 0.213. The average Bonchev–Trinajstić information content (AvgIpc) is 2.75. The zero-order valence-corrected chi connectivity index (χ0v) is 18.2. The standard InChI is InChI=1S/C26H31FN2O2/c1-28(17-22-8-12-24(27)13-9-22)18-23-10-14-26(15-11-23)31-20-25(30)19-29(2)16-21-6-4-3-5-7-21/h3-15,25,30H,16-20H2,1-2H3/t25-/m1/s1. The maximum absolute atomic E-state index is 13.0. The lowest BCUT2D eigenvalue weighted by atomic mass is 10.1. The van der Waals surface area contributed by atoms with E-state index in [1.165, 1.54) is 23.3 Å². The van der Waals surface area contributed by atoms with Gasteiger partial charge in [0.1, 0.15) is 24.3 Å². The first-order valence-electron chi connectivity index (χ1n) is 10.5. The van der Waals surface area contributed by atoms with Crippen LogP contribution >= 0.6 is 0 Å². The van der Waals surface area contributed by atoms with Crippen LogP contribution in [0.5, 0.6) is 5.75 Å². The summed E-state index contributed by atoms with van der Waals surface area (Å²) < 4.78 is 18.8. The van der Waals surface area contributed by atoms with Gasteiger partial charge < -0.3 is 9.84 Å². The van der Waals surface area contributed by atoms with Crippen LogP contribution < -0.4 is 4.74 Å². The van der Waals surface area contributed by atoms with Crippen molar-refractivity contribution in [1.29, 1.82) is 0 Å². The van der Waals surface area contributed by atoms with Crippen LogP contribution in [0.25, 0.3) is 0 Å². The Morgan fingerprint density at radius 1 is 0.742 bits per heavy atom. The Bertz CT molecular complexity index is 901. The number of hydrogen-bond donors (Lipinski definition) is 1. The molecular weight excluding hydrogens is 391 g/mol. The molecule has 0 unspecified atom stereocenters. The summed E-state index contributed by atoms with van der Waals surface area (Å²) in [4.78, 5) is 4.26. The Labute approximate surface area is 184 Å². The molecule has 0 spiro atoms. The summed E-state index contributed by atoms with van der Waals surface area (Å²) in [7, 11) is 4.03. The SMILES string of the molecule is CN(Cc1ccc(F)cc1)Cc1ccc(OC[C@H](O)CN(C)Cc2ccccc2)cc1. The fourth-order valence-electron chi connectivity index (χ4n) is 3.52. The van der Waals surface area contributed by atoms with Gasteiger partial charge in [-0.2, -0.15) is 0 Å². The van der Waals surface area contributed by atoms with Crippen molar-refractivity contribution >= 4 is 0 Å². The number of rotatable bonds is 11. The molecule has 0 amide bonds. The van der Waals surface area contributed by atoms with E-state index in [0.29, 0.717) is 6.54 Å². The fraction of sp³-hybridized carbons (Fsp3) is 0.308. The molecule has 0 radical (unpaired) electrons. The summed E-state index contributed by atoms with van der Waals surface area (Å²) in [5.74, 6) is 0.532. The minimum atomic E-state index is -0.560. The number of hydrogen-bond acceptors (Lipinski definition) is 4. The molecule has 0 heterocycles. The third-order valence-corrected chi connectivity index (χ3v) is 5.00. The first kappa shape index (κ1) is 22.9. The number of aliphatic hydroxyl groups is 1. The molecule has 1 N–H and O–H groups in total. The predicted octanol–water partition coefficient (Wildman–Crippen LogP) is 4.33. The highest BCUT2D eigenvalue weighted by Crippen LogP contribution is 2.15. The third kappa shape index (κ3) is 8.13. The Kier molecular flexibility index (Phi) is 8.59. The molecule has 31 heavy (non-hydrogen) atoms. The first-order chi connectivity index (χ1) is 15.0. The van der Waals surface area contributed by atoms with Gasteiger partial charge in [0, 0.05) is 26.2 Å². The molecule has 164 valence electrons. The molecule has 0 aliphatic heterocycles. The van der Waals surface area contributed by atoms with E-state index in [0.717, 1.165) is 30.9 Å². The number of nitrogens with zero attached hydrogens (tertiary/aromatic N) is 2. The van der Waals surface area contributed by atoms with Gasteiger partial charge in [-0.05, 0) is 55.1 Å². The molecule has 0 aromatic heterocycles. The van der Waals surface area contributed by atoms with Crippen molar-refractivity contribution in [2.24, 2.45) is 0 Å². The minimum Gasteiger partial charge on any atom is -0.491 e. The van der Waals surface area contributed by atoms with Gasteiger partial charge in [0.15, 0.2) is 0 Å². The number of halogens is 1. The van der Waals surface area contributed by atoms with Crippen LogP contribution in [0, 0.1) is 5.82 Å². The van der Waals surface area contributed by atoms with Gasteiger partial charge in [-0.1, -0.05) is 54.6 Å². The second-order valence-corrected chi connectivity index (χ2v) is 8.09. The van der Waals surface area contributed by atoms with Crippen LogP contribution in [0.4, 0.5) is 4.39 Å². The van der Waals surface area contributed by atoms with Crippen molar-refractivity contribution in [2.75, 3.05) is 27.2 Å². The molecule has 3 aromatic carbocycles. The van der Waals surface area contributed by atoms with Crippen LogP contribution in [-0.2, 0) is 19.6 Å². The number of ether oxygens (including phenoxy) is 1. The Balaban J connectivity index is 1.39. The quantitative estimate of drug-likeness (QED) is 0.499. The highest BCUT2D eigenvalue weighted by atomic mass is 19.1. The van der Waals surface area contributed by atoms with Crippen molar-refractivity contribution in [3.8, 4) is 5.75 Å². The van der Waals surface area contributed by atoms with Crippen molar-refractivity contribution in [3.05, 3.63) is 101 Å². The van der Waals surface area contributed by atoms with E-state index in [9.17, 15) is 9.50 Å². The number of benzene rings is 3. The maximum Gasteiger partial charge on any atom is 0.123 e. The topological polar surface area (TPSA) is 35.9 Å². The highest BCUT2D eigenvalue weighted by molar-refractivity contribution is 5.27. The number of aliphatic hydroxyl groups excluding tert-OH is 1. The van der Waals surface area contributed by atoms with Crippen molar-refractivity contribution in [2.45, 2.75) is 25.7 Å². The van der Waals surface area contributed by atoms with E-state index in [1.54, 1.807) is 0 Å². The normalized spacial score (nSPS) is 12.3. The van der Waals surface area contributed by atoms with E-state index in [2.05, 4.69) is 21.9 Å². The monoisotopic (exact) mass is 422 g/mol. The van der Waals surface area contributed by atoms with Gasteiger partial charge in [-0.3, -0.25) is 9.80 Å². The van der Waals surface area contributed by atoms with E-state index < -0.39 is 6.10 Å². The molecule has 0 saturated carbocycles. The molecule has 0 fully saturated rings. The summed E-state index contributed by atoms with van der Waals surface area (Å²) in [5.41, 5.74) is 3.47. The molecule has 3 aromatic rings. The predicted molar refractivity (Wildman–Crippen MR) is 122 cm³/mol. The largest absolute Gasteiger partial charge is 0.491 e. The van der Waals surface area contributed by atoms with E-state index >= 15 is 0 Å². The summed E-state index contributed by atoms with van der Waals surface area (Å²) in [5, 5.41) is 10.3. The summed E-state index contributed by atoms with van der Waals surface area (Å²) in [6.07, 6.45) is -0.560. The maximum atomic E-state index is 13.0. The molecule has 3 rings (SSSR count). The third-order valence-electron chi connectivity index (χ3n) is 5.00. The summed E-state index contributed by atoms with van der Waals surface area (Å²) in [6, 6.07) is 24.7. The van der Waals surface area contributed by atoms with Gasteiger partial charge in [0.2, 0.25) is 0 Å². The smallest absolute Gasteiger partial charge is 0.123 e. The van der Waals surface area contributed by atoms with Crippen LogP contribution in [0.1, 0.15) is 16.7 Å². The van der Waals surface area contributed by atoms with Gasteiger partial charge in [-0.25, -0.2) is 4.39 Å². The molecule has 0 aliphatic carbocycles. The van der Waals surface area contributed by atoms with Gasteiger partial charge in [0.05, 0.1) is 0 Å². The zero-order valence-electron chi connectivity index (χ0n) is 18.2. The Hall–Kier alpha value is -2.73. The fourth-order valence-corrected chi connectivity index (χ4v) is 3.52. The van der Waals surface area contributed by atoms with E-state index in [1.807, 2.05) is 68.7 Å². The number of likely N-dealkylation sites (N-methyl/N-ethyl adjacent to an activating group) is 1. The molecule has 1 atom stereocenters. The van der Waals surface area contributed by atoms with Crippen LogP contribution in [0.15, 0.2) is 78.9 Å². The Morgan fingerprint density at radius 3 is 1.87 bits per heavy atom. The first-order valence-corrected chi connectivity index (χ1v) is 10.5. The van der Waals surface area contributed by atoms with Gasteiger partial charge >= 0.3 is 0 Å². The molecule has 0 bridgehead atoms. The van der Waals surface area contributed by atoms with E-state index in [-0.39, 0.29) is 12.4 Å². The van der Waals surface area contributed by atoms with Crippen molar-refractivity contribution in [1.82, 2.24) is 9.80 Å². The van der Waals surface area contributed by atoms with E-state index in [4.69, 9.17) is 4.74 Å². The highest BCUT2D eigenvalue weighted by Gasteiger charge is 2.10. The van der Waals surface area contributed by atoms with Crippen molar-refractivity contribution in [3.63, 3.8) is 0 Å². The lowest BCUT2D eigenvalue weighted by molar-refractivity contribution is 0.0744. The van der Waals surface area contributed by atoms with Crippen molar-refractivity contribution < 1.29 is 14.2 Å². The lowest BCUT2D eigenvalue weighted by Gasteiger charge is -2.21. The lowest BCUT2D eigenvalue weighted by Crippen LogP contribution is -2.32. The molecule has 4 nitrogen and oxygen atoms in total. The molecule has 0 aliphatic rings. The summed E-state index contributed by atoms with van der Waals surface area (Å²) in [6.45, 7) is 3.12. The average molecular weight is 423 g/mol. The summed E-state index contributed by atoms with van der Waals surface area (Å²) >= 11 is 0. The van der Waals surface area contributed by atoms with Gasteiger partial charge in [0.25, 0.3) is 0 Å².